The Bertz CT molecular complexity index is 561. The second-order valence-corrected chi connectivity index (χ2v) is 4.13. The van der Waals surface area contributed by atoms with Gasteiger partial charge < -0.3 is 5.11 Å². The quantitative estimate of drug-likeness (QED) is 0.895. The fourth-order valence-corrected chi connectivity index (χ4v) is 2.00. The summed E-state index contributed by atoms with van der Waals surface area (Å²) in [6.45, 7) is 4.23. The Morgan fingerprint density at radius 3 is 2.78 bits per heavy atom. The summed E-state index contributed by atoms with van der Waals surface area (Å²) in [5.74, 6) is -0.818. The number of aryl methyl sites for hydroxylation is 2. The number of aliphatic carboxylic acids is 1. The zero-order valence-electron chi connectivity index (χ0n) is 10.4. The van der Waals surface area contributed by atoms with E-state index in [0.717, 1.165) is 22.6 Å². The van der Waals surface area contributed by atoms with E-state index in [9.17, 15) is 4.79 Å². The summed E-state index contributed by atoms with van der Waals surface area (Å²) < 4.78 is 1.73. The molecule has 5 nitrogen and oxygen atoms in total. The van der Waals surface area contributed by atoms with Crippen LogP contribution in [0.25, 0.3) is 11.3 Å². The van der Waals surface area contributed by atoms with Crippen LogP contribution in [0.4, 0.5) is 0 Å². The zero-order chi connectivity index (χ0) is 13.1. The molecule has 0 bridgehead atoms. The molecule has 1 N–H and O–H groups in total. The first kappa shape index (κ1) is 12.3. The highest BCUT2D eigenvalue weighted by molar-refractivity contribution is 5.67. The van der Waals surface area contributed by atoms with Crippen molar-refractivity contribution < 1.29 is 9.90 Å². The molecule has 0 unspecified atom stereocenters. The molecule has 0 radical (unpaired) electrons. The molecule has 0 saturated carbocycles. The Labute approximate surface area is 105 Å². The molecule has 2 aromatic rings. The van der Waals surface area contributed by atoms with Crippen LogP contribution < -0.4 is 0 Å². The summed E-state index contributed by atoms with van der Waals surface area (Å²) in [5.41, 5.74) is 3.68. The van der Waals surface area contributed by atoms with Gasteiger partial charge in [0.25, 0.3) is 0 Å². The lowest BCUT2D eigenvalue weighted by Crippen LogP contribution is -2.07. The lowest BCUT2D eigenvalue weighted by Gasteiger charge is -2.03. The maximum Gasteiger partial charge on any atom is 0.305 e. The van der Waals surface area contributed by atoms with Crippen molar-refractivity contribution in [3.05, 3.63) is 35.8 Å². The number of nitrogens with zero attached hydrogens (tertiary/aromatic N) is 3. The van der Waals surface area contributed by atoms with Crippen LogP contribution in [0.5, 0.6) is 0 Å². The second kappa shape index (κ2) is 5.00. The molecule has 0 spiro atoms. The fraction of sp³-hybridized carbons (Fsp3) is 0.308. The number of hydrogen-bond donors (Lipinski definition) is 1. The first-order valence-corrected chi connectivity index (χ1v) is 5.77. The van der Waals surface area contributed by atoms with Gasteiger partial charge in [-0.25, -0.2) is 0 Å². The fourth-order valence-electron chi connectivity index (χ4n) is 2.00. The minimum absolute atomic E-state index is 0.0730. The molecular weight excluding hydrogens is 230 g/mol. The molecule has 0 saturated heterocycles. The number of aromatic nitrogens is 3. The monoisotopic (exact) mass is 245 g/mol. The third-order valence-electron chi connectivity index (χ3n) is 2.84. The first-order chi connectivity index (χ1) is 8.59. The molecule has 0 aliphatic carbocycles. The first-order valence-electron chi connectivity index (χ1n) is 5.77. The summed E-state index contributed by atoms with van der Waals surface area (Å²) >= 11 is 0. The Morgan fingerprint density at radius 2 is 2.17 bits per heavy atom. The van der Waals surface area contributed by atoms with E-state index in [2.05, 4.69) is 10.1 Å². The molecule has 0 aromatic carbocycles. The van der Waals surface area contributed by atoms with Gasteiger partial charge in [-0.1, -0.05) is 6.07 Å². The van der Waals surface area contributed by atoms with Gasteiger partial charge >= 0.3 is 5.97 Å². The summed E-state index contributed by atoms with van der Waals surface area (Å²) in [6.07, 6.45) is 1.81. The van der Waals surface area contributed by atoms with E-state index in [4.69, 9.17) is 5.11 Å². The standard InChI is InChI=1S/C13H15N3O2/c1-9-13(11-5-3-4-7-14-11)10(2)16(15-9)8-6-12(17)18/h3-5,7H,6,8H2,1-2H3,(H,17,18). The van der Waals surface area contributed by atoms with E-state index in [-0.39, 0.29) is 6.42 Å². The Kier molecular flexibility index (Phi) is 3.41. The van der Waals surface area contributed by atoms with Crippen LogP contribution in [0.1, 0.15) is 17.8 Å². The lowest BCUT2D eigenvalue weighted by molar-refractivity contribution is -0.137. The van der Waals surface area contributed by atoms with Gasteiger partial charge in [0.1, 0.15) is 0 Å². The Balaban J connectivity index is 2.35. The lowest BCUT2D eigenvalue weighted by atomic mass is 10.1. The van der Waals surface area contributed by atoms with Crippen molar-refractivity contribution in [3.63, 3.8) is 0 Å². The molecule has 0 fully saturated rings. The maximum atomic E-state index is 10.6. The van der Waals surface area contributed by atoms with Crippen LogP contribution in [0.15, 0.2) is 24.4 Å². The molecule has 2 rings (SSSR count). The number of carbonyl (C=O) groups is 1. The van der Waals surface area contributed by atoms with E-state index in [0.29, 0.717) is 6.54 Å². The van der Waals surface area contributed by atoms with Crippen molar-refractivity contribution in [1.82, 2.24) is 14.8 Å². The third-order valence-corrected chi connectivity index (χ3v) is 2.84. The molecule has 5 heteroatoms. The molecule has 0 aliphatic heterocycles. The molecule has 18 heavy (non-hydrogen) atoms. The maximum absolute atomic E-state index is 10.6. The van der Waals surface area contributed by atoms with Gasteiger partial charge in [0, 0.05) is 17.5 Å². The highest BCUT2D eigenvalue weighted by atomic mass is 16.4. The molecule has 0 aliphatic rings. The minimum Gasteiger partial charge on any atom is -0.481 e. The normalized spacial score (nSPS) is 10.6. The van der Waals surface area contributed by atoms with Gasteiger partial charge in [-0.15, -0.1) is 0 Å². The van der Waals surface area contributed by atoms with Gasteiger partial charge in [0.15, 0.2) is 0 Å². The Morgan fingerprint density at radius 1 is 1.39 bits per heavy atom. The number of hydrogen-bond acceptors (Lipinski definition) is 3. The summed E-state index contributed by atoms with van der Waals surface area (Å²) in [4.78, 5) is 14.9. The average molecular weight is 245 g/mol. The van der Waals surface area contributed by atoms with E-state index >= 15 is 0 Å². The molecule has 2 heterocycles. The largest absolute Gasteiger partial charge is 0.481 e. The van der Waals surface area contributed by atoms with Crippen LogP contribution in [0.2, 0.25) is 0 Å². The zero-order valence-corrected chi connectivity index (χ0v) is 10.4. The third kappa shape index (κ3) is 2.40. The highest BCUT2D eigenvalue weighted by Crippen LogP contribution is 2.24. The highest BCUT2D eigenvalue weighted by Gasteiger charge is 2.14. The number of rotatable bonds is 4. The van der Waals surface area contributed by atoms with Gasteiger partial charge in [-0.3, -0.25) is 14.5 Å². The van der Waals surface area contributed by atoms with Crippen molar-refractivity contribution in [2.24, 2.45) is 0 Å². The van der Waals surface area contributed by atoms with Crippen molar-refractivity contribution in [2.45, 2.75) is 26.8 Å². The van der Waals surface area contributed by atoms with Crippen molar-refractivity contribution >= 4 is 5.97 Å². The Hall–Kier alpha value is -2.17. The topological polar surface area (TPSA) is 68.0 Å². The predicted octanol–water partition coefficient (Wildman–Crippen LogP) is 2.04. The minimum atomic E-state index is -0.818. The second-order valence-electron chi connectivity index (χ2n) is 4.13. The molecule has 0 atom stereocenters. The van der Waals surface area contributed by atoms with E-state index < -0.39 is 5.97 Å². The van der Waals surface area contributed by atoms with Crippen LogP contribution in [0, 0.1) is 13.8 Å². The molecule has 94 valence electrons. The van der Waals surface area contributed by atoms with E-state index in [1.54, 1.807) is 10.9 Å². The number of carboxylic acids is 1. The summed E-state index contributed by atoms with van der Waals surface area (Å²) in [6, 6.07) is 5.72. The summed E-state index contributed by atoms with van der Waals surface area (Å²) in [7, 11) is 0. The van der Waals surface area contributed by atoms with Crippen LogP contribution in [-0.2, 0) is 11.3 Å². The van der Waals surface area contributed by atoms with E-state index in [1.807, 2.05) is 32.0 Å². The van der Waals surface area contributed by atoms with Crippen LogP contribution in [-0.4, -0.2) is 25.8 Å². The molecular formula is C13H15N3O2. The van der Waals surface area contributed by atoms with Crippen molar-refractivity contribution in [3.8, 4) is 11.3 Å². The van der Waals surface area contributed by atoms with Crippen molar-refractivity contribution in [1.29, 1.82) is 0 Å². The van der Waals surface area contributed by atoms with Gasteiger partial charge in [-0.05, 0) is 26.0 Å². The number of carboxylic acid groups (broad SMARTS) is 1. The van der Waals surface area contributed by atoms with Gasteiger partial charge in [0.05, 0.1) is 24.4 Å². The predicted molar refractivity (Wildman–Crippen MR) is 67.2 cm³/mol. The average Bonchev–Trinajstić information content (AvgIpc) is 2.63. The van der Waals surface area contributed by atoms with Gasteiger partial charge in [0.2, 0.25) is 0 Å². The van der Waals surface area contributed by atoms with E-state index in [1.165, 1.54) is 0 Å². The number of pyridine rings is 1. The van der Waals surface area contributed by atoms with Crippen LogP contribution in [0.3, 0.4) is 0 Å². The molecule has 0 amide bonds. The SMILES string of the molecule is Cc1nn(CCC(=O)O)c(C)c1-c1ccccn1. The van der Waals surface area contributed by atoms with Crippen molar-refractivity contribution in [2.75, 3.05) is 0 Å². The smallest absolute Gasteiger partial charge is 0.305 e. The van der Waals surface area contributed by atoms with Gasteiger partial charge in [-0.2, -0.15) is 5.10 Å². The molecule has 2 aromatic heterocycles. The summed E-state index contributed by atoms with van der Waals surface area (Å²) in [5, 5.41) is 13.1. The van der Waals surface area contributed by atoms with Crippen LogP contribution >= 0.6 is 0 Å².